The number of nitrogens with two attached hydrogens (primary N) is 2. The van der Waals surface area contributed by atoms with Crippen molar-refractivity contribution in [2.75, 3.05) is 22.9 Å². The van der Waals surface area contributed by atoms with Crippen LogP contribution in [0.15, 0.2) is 46.2 Å². The summed E-state index contributed by atoms with van der Waals surface area (Å²) >= 11 is 1.75. The maximum atomic E-state index is 5.89. The standard InChI is InChI=1S/C14H15N3S/c1-2-17-11-5-3-10(16)8-14(11)18-13-6-4-9(15)7-12(13)17/h3-8H,2,15-16H2,1H3. The Morgan fingerprint density at radius 1 is 0.944 bits per heavy atom. The van der Waals surface area contributed by atoms with Crippen LogP contribution in [0.1, 0.15) is 6.92 Å². The van der Waals surface area contributed by atoms with Crippen LogP contribution in [0.4, 0.5) is 22.7 Å². The minimum atomic E-state index is 0.798. The van der Waals surface area contributed by atoms with Crippen LogP contribution in [-0.2, 0) is 0 Å². The first-order chi connectivity index (χ1) is 8.69. The molecule has 92 valence electrons. The van der Waals surface area contributed by atoms with Crippen LogP contribution >= 0.6 is 11.8 Å². The lowest BCUT2D eigenvalue weighted by Gasteiger charge is -2.32. The summed E-state index contributed by atoms with van der Waals surface area (Å²) in [5, 5.41) is 0. The molecule has 0 aromatic heterocycles. The van der Waals surface area contributed by atoms with Gasteiger partial charge in [-0.15, -0.1) is 0 Å². The van der Waals surface area contributed by atoms with Crippen LogP contribution < -0.4 is 16.4 Å². The quantitative estimate of drug-likeness (QED) is 0.768. The van der Waals surface area contributed by atoms with E-state index >= 15 is 0 Å². The number of fused-ring (bicyclic) bond motifs is 2. The SMILES string of the molecule is CCN1c2ccc(N)cc2Sc2ccc(N)cc21. The van der Waals surface area contributed by atoms with Gasteiger partial charge in [-0.05, 0) is 43.3 Å². The zero-order chi connectivity index (χ0) is 12.7. The number of nitrogen functional groups attached to an aromatic ring is 2. The van der Waals surface area contributed by atoms with Crippen molar-refractivity contribution in [1.29, 1.82) is 0 Å². The molecule has 0 atom stereocenters. The second-order valence-corrected chi connectivity index (χ2v) is 5.38. The molecule has 1 heterocycles. The third kappa shape index (κ3) is 1.69. The number of benzene rings is 2. The summed E-state index contributed by atoms with van der Waals surface area (Å²) in [7, 11) is 0. The van der Waals surface area contributed by atoms with Crippen molar-refractivity contribution in [2.45, 2.75) is 16.7 Å². The molecule has 0 saturated heterocycles. The summed E-state index contributed by atoms with van der Waals surface area (Å²) in [4.78, 5) is 4.70. The zero-order valence-corrected chi connectivity index (χ0v) is 11.0. The Hall–Kier alpha value is -1.81. The van der Waals surface area contributed by atoms with Gasteiger partial charge in [0, 0.05) is 27.7 Å². The topological polar surface area (TPSA) is 55.3 Å². The summed E-state index contributed by atoms with van der Waals surface area (Å²) < 4.78 is 0. The van der Waals surface area contributed by atoms with Crippen LogP contribution in [0.3, 0.4) is 0 Å². The highest BCUT2D eigenvalue weighted by molar-refractivity contribution is 7.99. The van der Waals surface area contributed by atoms with Crippen molar-refractivity contribution >= 4 is 34.5 Å². The van der Waals surface area contributed by atoms with Crippen molar-refractivity contribution in [2.24, 2.45) is 0 Å². The lowest BCUT2D eigenvalue weighted by atomic mass is 10.2. The monoisotopic (exact) mass is 257 g/mol. The third-order valence-corrected chi connectivity index (χ3v) is 4.20. The van der Waals surface area contributed by atoms with E-state index in [0.717, 1.165) is 17.9 Å². The van der Waals surface area contributed by atoms with Crippen LogP contribution in [0.25, 0.3) is 0 Å². The molecule has 18 heavy (non-hydrogen) atoms. The first-order valence-electron chi connectivity index (χ1n) is 5.93. The molecular formula is C14H15N3S. The summed E-state index contributed by atoms with van der Waals surface area (Å²) in [5.41, 5.74) is 15.7. The fourth-order valence-corrected chi connectivity index (χ4v) is 3.38. The normalized spacial score (nSPS) is 13.1. The van der Waals surface area contributed by atoms with Crippen LogP contribution in [0.5, 0.6) is 0 Å². The number of anilines is 4. The van der Waals surface area contributed by atoms with Crippen LogP contribution in [-0.4, -0.2) is 6.54 Å². The van der Waals surface area contributed by atoms with Gasteiger partial charge < -0.3 is 16.4 Å². The van der Waals surface area contributed by atoms with Gasteiger partial charge in [0.2, 0.25) is 0 Å². The molecule has 2 aromatic carbocycles. The molecule has 0 bridgehead atoms. The Morgan fingerprint density at radius 2 is 1.67 bits per heavy atom. The molecule has 0 radical (unpaired) electrons. The van der Waals surface area contributed by atoms with E-state index in [1.54, 1.807) is 11.8 Å². The van der Waals surface area contributed by atoms with E-state index in [1.165, 1.54) is 21.2 Å². The Bertz CT molecular complexity index is 610. The van der Waals surface area contributed by atoms with Crippen molar-refractivity contribution in [3.63, 3.8) is 0 Å². The number of hydrogen-bond acceptors (Lipinski definition) is 4. The summed E-state index contributed by atoms with van der Waals surface area (Å²) in [5.74, 6) is 0. The highest BCUT2D eigenvalue weighted by Crippen LogP contribution is 2.48. The lowest BCUT2D eigenvalue weighted by molar-refractivity contribution is 0.980. The lowest BCUT2D eigenvalue weighted by Crippen LogP contribution is -2.20. The van der Waals surface area contributed by atoms with Crippen LogP contribution in [0.2, 0.25) is 0 Å². The molecule has 1 aliphatic rings. The Balaban J connectivity index is 2.18. The largest absolute Gasteiger partial charge is 0.399 e. The second-order valence-electron chi connectivity index (χ2n) is 4.30. The van der Waals surface area contributed by atoms with Gasteiger partial charge in [-0.25, -0.2) is 0 Å². The van der Waals surface area contributed by atoms with E-state index in [9.17, 15) is 0 Å². The summed E-state index contributed by atoms with van der Waals surface area (Å²) in [6.45, 7) is 3.05. The Kier molecular flexibility index (Phi) is 2.59. The molecule has 4 heteroatoms. The molecule has 4 N–H and O–H groups in total. The van der Waals surface area contributed by atoms with E-state index in [-0.39, 0.29) is 0 Å². The molecule has 0 fully saturated rings. The third-order valence-electron chi connectivity index (χ3n) is 3.08. The second kappa shape index (κ2) is 4.14. The van der Waals surface area contributed by atoms with Gasteiger partial charge in [-0.3, -0.25) is 0 Å². The van der Waals surface area contributed by atoms with Gasteiger partial charge in [-0.2, -0.15) is 0 Å². The van der Waals surface area contributed by atoms with E-state index < -0.39 is 0 Å². The van der Waals surface area contributed by atoms with Gasteiger partial charge in [-0.1, -0.05) is 11.8 Å². The first-order valence-corrected chi connectivity index (χ1v) is 6.75. The fourth-order valence-electron chi connectivity index (χ4n) is 2.26. The maximum Gasteiger partial charge on any atom is 0.0573 e. The molecule has 0 aliphatic carbocycles. The Labute approximate surface area is 111 Å². The summed E-state index contributed by atoms with van der Waals surface area (Å²) in [6, 6.07) is 12.1. The molecule has 2 aromatic rings. The van der Waals surface area contributed by atoms with Crippen molar-refractivity contribution in [1.82, 2.24) is 0 Å². The molecule has 0 spiro atoms. The average molecular weight is 257 g/mol. The predicted molar refractivity (Wildman–Crippen MR) is 78.5 cm³/mol. The highest BCUT2D eigenvalue weighted by Gasteiger charge is 2.22. The van der Waals surface area contributed by atoms with Gasteiger partial charge in [0.05, 0.1) is 11.4 Å². The van der Waals surface area contributed by atoms with E-state index in [1.807, 2.05) is 24.3 Å². The van der Waals surface area contributed by atoms with Crippen molar-refractivity contribution in [3.8, 4) is 0 Å². The van der Waals surface area contributed by atoms with Crippen molar-refractivity contribution < 1.29 is 0 Å². The molecule has 0 amide bonds. The Morgan fingerprint density at radius 3 is 2.44 bits per heavy atom. The fraction of sp³-hybridized carbons (Fsp3) is 0.143. The van der Waals surface area contributed by atoms with Gasteiger partial charge >= 0.3 is 0 Å². The minimum Gasteiger partial charge on any atom is -0.399 e. The van der Waals surface area contributed by atoms with Crippen LogP contribution in [0, 0.1) is 0 Å². The first kappa shape index (κ1) is 11.3. The molecule has 0 unspecified atom stereocenters. The average Bonchev–Trinajstić information content (AvgIpc) is 2.36. The predicted octanol–water partition coefficient (Wildman–Crippen LogP) is 3.47. The van der Waals surface area contributed by atoms with Gasteiger partial charge in [0.1, 0.15) is 0 Å². The summed E-state index contributed by atoms with van der Waals surface area (Å²) in [6.07, 6.45) is 0. The highest BCUT2D eigenvalue weighted by atomic mass is 32.2. The number of nitrogens with zero attached hydrogens (tertiary/aromatic N) is 1. The smallest absolute Gasteiger partial charge is 0.0573 e. The van der Waals surface area contributed by atoms with Gasteiger partial charge in [0.15, 0.2) is 0 Å². The molecule has 1 aliphatic heterocycles. The van der Waals surface area contributed by atoms with Crippen molar-refractivity contribution in [3.05, 3.63) is 36.4 Å². The van der Waals surface area contributed by atoms with E-state index in [2.05, 4.69) is 24.0 Å². The zero-order valence-electron chi connectivity index (χ0n) is 10.2. The maximum absolute atomic E-state index is 5.89. The number of rotatable bonds is 1. The van der Waals surface area contributed by atoms with E-state index in [4.69, 9.17) is 11.5 Å². The number of hydrogen-bond donors (Lipinski definition) is 2. The van der Waals surface area contributed by atoms with E-state index in [0.29, 0.717) is 0 Å². The van der Waals surface area contributed by atoms with Gasteiger partial charge in [0.25, 0.3) is 0 Å². The molecule has 0 saturated carbocycles. The minimum absolute atomic E-state index is 0.798. The molecule has 3 nitrogen and oxygen atoms in total. The molecule has 3 rings (SSSR count). The molecular weight excluding hydrogens is 242 g/mol.